The number of hydrogen-bond acceptors (Lipinski definition) is 4. The minimum absolute atomic E-state index is 0.623. The fourth-order valence-electron chi connectivity index (χ4n) is 6.30. The van der Waals surface area contributed by atoms with Crippen LogP contribution in [0.25, 0.3) is 0 Å². The van der Waals surface area contributed by atoms with E-state index in [9.17, 15) is 0 Å². The molecular weight excluding hydrogens is 272 g/mol. The molecule has 3 N–H and O–H groups in total. The largest absolute Gasteiger partial charge is 0.297 e. The lowest BCUT2D eigenvalue weighted by molar-refractivity contribution is 0.0215. The van der Waals surface area contributed by atoms with Crippen LogP contribution in [-0.4, -0.2) is 17.6 Å². The summed E-state index contributed by atoms with van der Waals surface area (Å²) in [7, 11) is 0. The van der Waals surface area contributed by atoms with Gasteiger partial charge in [0.15, 0.2) is 0 Å². The summed E-state index contributed by atoms with van der Waals surface area (Å²) in [6.45, 7) is 1.05. The molecule has 6 unspecified atom stereocenters. The van der Waals surface area contributed by atoms with Crippen molar-refractivity contribution in [2.75, 3.05) is 6.54 Å². The number of rotatable bonds is 0. The topological polar surface area (TPSA) is 39.3 Å². The van der Waals surface area contributed by atoms with Gasteiger partial charge in [-0.05, 0) is 67.3 Å². The molecule has 6 atom stereocenters. The molecule has 122 valence electrons. The van der Waals surface area contributed by atoms with Gasteiger partial charge in [-0.15, -0.1) is 0 Å². The number of allylic oxidation sites excluding steroid dienone is 1. The van der Waals surface area contributed by atoms with E-state index in [4.69, 9.17) is 0 Å². The van der Waals surface area contributed by atoms with E-state index in [0.717, 1.165) is 36.1 Å². The van der Waals surface area contributed by atoms with Crippen LogP contribution >= 0.6 is 0 Å². The molecule has 5 rings (SSSR count). The van der Waals surface area contributed by atoms with E-state index in [1.807, 2.05) is 0 Å². The Morgan fingerprint density at radius 1 is 0.909 bits per heavy atom. The van der Waals surface area contributed by atoms with Crippen LogP contribution in [0.5, 0.6) is 0 Å². The maximum atomic E-state index is 3.27. The first-order chi connectivity index (χ1) is 10.9. The number of hydrazine groups is 3. The van der Waals surface area contributed by atoms with Crippen LogP contribution in [0, 0.1) is 29.6 Å². The molecule has 0 aromatic heterocycles. The van der Waals surface area contributed by atoms with E-state index in [2.05, 4.69) is 27.7 Å². The second-order valence-electron chi connectivity index (χ2n) is 8.55. The lowest BCUT2D eigenvalue weighted by Crippen LogP contribution is -2.65. The zero-order chi connectivity index (χ0) is 14.5. The molecule has 4 heteroatoms. The number of nitrogens with zero attached hydrogens (tertiary/aromatic N) is 1. The Bertz CT molecular complexity index is 462. The summed E-state index contributed by atoms with van der Waals surface area (Å²) in [4.78, 5) is 0. The Morgan fingerprint density at radius 3 is 2.59 bits per heavy atom. The molecule has 4 nitrogen and oxygen atoms in total. The molecule has 2 aliphatic heterocycles. The Morgan fingerprint density at radius 2 is 1.73 bits per heavy atom. The van der Waals surface area contributed by atoms with E-state index < -0.39 is 0 Å². The summed E-state index contributed by atoms with van der Waals surface area (Å²) in [6, 6.07) is 0.623. The van der Waals surface area contributed by atoms with E-state index >= 15 is 0 Å². The summed E-state index contributed by atoms with van der Waals surface area (Å²) in [5, 5.41) is 2.31. The predicted molar refractivity (Wildman–Crippen MR) is 87.0 cm³/mol. The molecule has 4 fully saturated rings. The number of fused-ring (bicyclic) bond motifs is 4. The second-order valence-corrected chi connectivity index (χ2v) is 8.55. The zero-order valence-electron chi connectivity index (χ0n) is 13.6. The Balaban J connectivity index is 1.34. The van der Waals surface area contributed by atoms with Crippen molar-refractivity contribution in [3.05, 3.63) is 11.8 Å². The van der Waals surface area contributed by atoms with E-state index in [0.29, 0.717) is 6.04 Å². The highest BCUT2D eigenvalue weighted by molar-refractivity contribution is 5.17. The van der Waals surface area contributed by atoms with Crippen LogP contribution in [0.2, 0.25) is 0 Å². The van der Waals surface area contributed by atoms with Gasteiger partial charge in [0.05, 0.1) is 6.04 Å². The molecule has 0 aromatic carbocycles. The normalized spacial score (nSPS) is 47.6. The zero-order valence-corrected chi connectivity index (χ0v) is 13.6. The standard InChI is InChI=1S/C18H30N4/c1-2-4-13-6-15-8-17-11-22-18(10-19-20-21-22)9-16(17)7-14(15)5-12(13)3-1/h11-16,18-21H,1-10H2. The molecule has 3 aliphatic carbocycles. The molecular formula is C18H30N4. The first kappa shape index (κ1) is 13.8. The summed E-state index contributed by atoms with van der Waals surface area (Å²) in [6.07, 6.45) is 15.8. The smallest absolute Gasteiger partial charge is 0.0606 e. The van der Waals surface area contributed by atoms with Gasteiger partial charge < -0.3 is 0 Å². The van der Waals surface area contributed by atoms with Gasteiger partial charge in [-0.25, -0.2) is 5.43 Å². The second kappa shape index (κ2) is 5.50. The van der Waals surface area contributed by atoms with Crippen molar-refractivity contribution < 1.29 is 0 Å². The molecule has 0 bridgehead atoms. The first-order valence-corrected chi connectivity index (χ1v) is 9.59. The highest BCUT2D eigenvalue weighted by Crippen LogP contribution is 2.53. The van der Waals surface area contributed by atoms with Crippen LogP contribution in [0.1, 0.15) is 57.8 Å². The van der Waals surface area contributed by atoms with Crippen molar-refractivity contribution in [2.45, 2.75) is 63.8 Å². The van der Waals surface area contributed by atoms with Gasteiger partial charge in [0, 0.05) is 12.7 Å². The molecule has 1 saturated heterocycles. The van der Waals surface area contributed by atoms with Crippen molar-refractivity contribution in [1.29, 1.82) is 0 Å². The van der Waals surface area contributed by atoms with Crippen LogP contribution < -0.4 is 16.5 Å². The number of nitrogens with one attached hydrogen (secondary N) is 3. The monoisotopic (exact) mass is 302 g/mol. The Hall–Kier alpha value is -0.580. The van der Waals surface area contributed by atoms with Crippen molar-refractivity contribution in [3.8, 4) is 0 Å². The molecule has 0 spiro atoms. The Labute approximate surface area is 134 Å². The van der Waals surface area contributed by atoms with Crippen molar-refractivity contribution in [3.63, 3.8) is 0 Å². The molecule has 2 heterocycles. The minimum Gasteiger partial charge on any atom is -0.297 e. The third kappa shape index (κ3) is 2.31. The van der Waals surface area contributed by atoms with Gasteiger partial charge in [-0.3, -0.25) is 5.01 Å². The van der Waals surface area contributed by atoms with Gasteiger partial charge in [-0.2, -0.15) is 11.1 Å². The first-order valence-electron chi connectivity index (χ1n) is 9.59. The maximum absolute atomic E-state index is 3.27. The average molecular weight is 302 g/mol. The van der Waals surface area contributed by atoms with Gasteiger partial charge >= 0.3 is 0 Å². The van der Waals surface area contributed by atoms with Crippen molar-refractivity contribution >= 4 is 0 Å². The lowest BCUT2D eigenvalue weighted by atomic mass is 9.57. The molecule has 0 amide bonds. The summed E-state index contributed by atoms with van der Waals surface area (Å²) >= 11 is 0. The average Bonchev–Trinajstić information content (AvgIpc) is 2.56. The fraction of sp³-hybridized carbons (Fsp3) is 0.889. The Kier molecular flexibility index (Phi) is 3.46. The fourth-order valence-corrected chi connectivity index (χ4v) is 6.30. The van der Waals surface area contributed by atoms with Crippen molar-refractivity contribution in [1.82, 2.24) is 21.5 Å². The third-order valence-electron chi connectivity index (χ3n) is 7.42. The van der Waals surface area contributed by atoms with E-state index in [1.54, 1.807) is 12.0 Å². The summed E-state index contributed by atoms with van der Waals surface area (Å²) in [5.74, 6) is 5.06. The molecule has 0 aromatic rings. The highest BCUT2D eigenvalue weighted by atomic mass is 15.8. The lowest BCUT2D eigenvalue weighted by Gasteiger charge is -2.51. The maximum Gasteiger partial charge on any atom is 0.0606 e. The quantitative estimate of drug-likeness (QED) is 0.643. The highest BCUT2D eigenvalue weighted by Gasteiger charge is 2.44. The summed E-state index contributed by atoms with van der Waals surface area (Å²) < 4.78 is 0. The van der Waals surface area contributed by atoms with E-state index in [1.165, 1.54) is 51.4 Å². The molecule has 22 heavy (non-hydrogen) atoms. The van der Waals surface area contributed by atoms with Crippen molar-refractivity contribution in [2.24, 2.45) is 29.6 Å². The molecule has 3 saturated carbocycles. The van der Waals surface area contributed by atoms with Gasteiger partial charge in [0.2, 0.25) is 0 Å². The third-order valence-corrected chi connectivity index (χ3v) is 7.42. The van der Waals surface area contributed by atoms with Crippen LogP contribution in [0.15, 0.2) is 11.8 Å². The summed E-state index contributed by atoms with van der Waals surface area (Å²) in [5.41, 5.74) is 11.3. The van der Waals surface area contributed by atoms with E-state index in [-0.39, 0.29) is 0 Å². The van der Waals surface area contributed by atoms with Crippen LogP contribution in [0.4, 0.5) is 0 Å². The van der Waals surface area contributed by atoms with Gasteiger partial charge in [-0.1, -0.05) is 25.7 Å². The number of hydrogen-bond donors (Lipinski definition) is 3. The molecule has 5 aliphatic rings. The van der Waals surface area contributed by atoms with Gasteiger partial charge in [0.1, 0.15) is 0 Å². The van der Waals surface area contributed by atoms with Gasteiger partial charge in [0.25, 0.3) is 0 Å². The van der Waals surface area contributed by atoms with Crippen LogP contribution in [-0.2, 0) is 0 Å². The SMILES string of the molecule is C1=C2CC3CC4CCCCC4CC3CC2CC2CNNNN12. The van der Waals surface area contributed by atoms with Crippen LogP contribution in [0.3, 0.4) is 0 Å². The molecule has 0 radical (unpaired) electrons. The predicted octanol–water partition coefficient (Wildman–Crippen LogP) is 2.71. The minimum atomic E-state index is 0.623.